The summed E-state index contributed by atoms with van der Waals surface area (Å²) in [5, 5.41) is 9.20. The van der Waals surface area contributed by atoms with Crippen molar-refractivity contribution in [3.8, 4) is 0 Å². The number of piperidine rings is 1. The predicted octanol–water partition coefficient (Wildman–Crippen LogP) is 3.02. The summed E-state index contributed by atoms with van der Waals surface area (Å²) in [6.07, 6.45) is 3.89. The highest BCUT2D eigenvalue weighted by molar-refractivity contribution is 5.85. The smallest absolute Gasteiger partial charge is 0.352 e. The Kier molecular flexibility index (Phi) is 4.06. The van der Waals surface area contributed by atoms with Crippen molar-refractivity contribution in [3.05, 3.63) is 59.9 Å². The van der Waals surface area contributed by atoms with Gasteiger partial charge in [-0.25, -0.2) is 4.79 Å². The molecule has 1 fully saturated rings. The highest BCUT2D eigenvalue weighted by Crippen LogP contribution is 2.25. The highest BCUT2D eigenvalue weighted by atomic mass is 16.4. The molecule has 1 aromatic carbocycles. The second-order valence-electron chi connectivity index (χ2n) is 5.60. The monoisotopic (exact) mass is 284 g/mol. The molecule has 4 nitrogen and oxygen atoms in total. The summed E-state index contributed by atoms with van der Waals surface area (Å²) in [5.74, 6) is -0.841. The standard InChI is InChI=1S/C17H20N2O2/c20-17(21)16-7-4-10-19(16)15-8-11-18(12-9-15)13-14-5-2-1-3-6-14/h1-7,10,15H,8-9,11-13H2,(H,20,21). The first-order valence-corrected chi connectivity index (χ1v) is 7.40. The van der Waals surface area contributed by atoms with Crippen LogP contribution in [0.5, 0.6) is 0 Å². The van der Waals surface area contributed by atoms with Gasteiger partial charge in [-0.3, -0.25) is 4.90 Å². The van der Waals surface area contributed by atoms with E-state index in [9.17, 15) is 9.90 Å². The number of nitrogens with zero attached hydrogens (tertiary/aromatic N) is 2. The summed E-state index contributed by atoms with van der Waals surface area (Å²) in [7, 11) is 0. The van der Waals surface area contributed by atoms with Gasteiger partial charge >= 0.3 is 5.97 Å². The van der Waals surface area contributed by atoms with Crippen molar-refractivity contribution in [1.82, 2.24) is 9.47 Å². The summed E-state index contributed by atoms with van der Waals surface area (Å²) in [6.45, 7) is 3.00. The molecular weight excluding hydrogens is 264 g/mol. The molecule has 110 valence electrons. The number of aromatic carboxylic acids is 1. The first kappa shape index (κ1) is 13.9. The van der Waals surface area contributed by atoms with Crippen molar-refractivity contribution in [2.45, 2.75) is 25.4 Å². The minimum atomic E-state index is -0.841. The van der Waals surface area contributed by atoms with Crippen LogP contribution >= 0.6 is 0 Å². The Balaban J connectivity index is 1.60. The molecule has 1 aliphatic heterocycles. The normalized spacial score (nSPS) is 17.0. The van der Waals surface area contributed by atoms with Crippen molar-refractivity contribution in [1.29, 1.82) is 0 Å². The molecule has 2 aromatic rings. The van der Waals surface area contributed by atoms with Gasteiger partial charge in [0.1, 0.15) is 5.69 Å². The van der Waals surface area contributed by atoms with Crippen LogP contribution < -0.4 is 0 Å². The number of aromatic nitrogens is 1. The van der Waals surface area contributed by atoms with E-state index in [0.717, 1.165) is 32.5 Å². The Hall–Kier alpha value is -2.07. The number of carboxylic acid groups (broad SMARTS) is 1. The third-order valence-electron chi connectivity index (χ3n) is 4.20. The van der Waals surface area contributed by atoms with Gasteiger partial charge in [0.2, 0.25) is 0 Å². The zero-order valence-electron chi connectivity index (χ0n) is 12.0. The largest absolute Gasteiger partial charge is 0.477 e. The minimum Gasteiger partial charge on any atom is -0.477 e. The Bertz CT molecular complexity index is 598. The van der Waals surface area contributed by atoms with Crippen molar-refractivity contribution in [3.63, 3.8) is 0 Å². The fourth-order valence-electron chi connectivity index (χ4n) is 3.09. The lowest BCUT2D eigenvalue weighted by Gasteiger charge is -2.33. The van der Waals surface area contributed by atoms with Crippen molar-refractivity contribution < 1.29 is 9.90 Å². The van der Waals surface area contributed by atoms with E-state index in [-0.39, 0.29) is 0 Å². The Morgan fingerprint density at radius 1 is 1.10 bits per heavy atom. The predicted molar refractivity (Wildman–Crippen MR) is 81.4 cm³/mol. The summed E-state index contributed by atoms with van der Waals surface area (Å²) in [6, 6.07) is 14.3. The fraction of sp³-hybridized carbons (Fsp3) is 0.353. The lowest BCUT2D eigenvalue weighted by Crippen LogP contribution is -2.34. The Labute approximate surface area is 124 Å². The number of carboxylic acids is 1. The van der Waals surface area contributed by atoms with Crippen LogP contribution in [0.25, 0.3) is 0 Å². The molecule has 0 spiro atoms. The maximum absolute atomic E-state index is 11.2. The van der Waals surface area contributed by atoms with E-state index in [4.69, 9.17) is 0 Å². The van der Waals surface area contributed by atoms with E-state index >= 15 is 0 Å². The van der Waals surface area contributed by atoms with Gasteiger partial charge in [0, 0.05) is 31.9 Å². The summed E-state index contributed by atoms with van der Waals surface area (Å²) in [5.41, 5.74) is 1.74. The zero-order chi connectivity index (χ0) is 14.7. The lowest BCUT2D eigenvalue weighted by molar-refractivity contribution is 0.0678. The van der Waals surface area contributed by atoms with Gasteiger partial charge < -0.3 is 9.67 Å². The lowest BCUT2D eigenvalue weighted by atomic mass is 10.0. The molecule has 0 atom stereocenters. The fourth-order valence-corrected chi connectivity index (χ4v) is 3.09. The Morgan fingerprint density at radius 2 is 1.81 bits per heavy atom. The molecule has 1 aliphatic rings. The first-order valence-electron chi connectivity index (χ1n) is 7.40. The molecule has 1 saturated heterocycles. The molecule has 0 radical (unpaired) electrons. The maximum Gasteiger partial charge on any atom is 0.352 e. The molecule has 1 aromatic heterocycles. The molecular formula is C17H20N2O2. The van der Waals surface area contributed by atoms with E-state index in [1.807, 2.05) is 22.9 Å². The molecule has 0 bridgehead atoms. The number of likely N-dealkylation sites (tertiary alicyclic amines) is 1. The quantitative estimate of drug-likeness (QED) is 0.938. The van der Waals surface area contributed by atoms with Crippen LogP contribution in [0.1, 0.15) is 34.9 Å². The van der Waals surface area contributed by atoms with Crippen molar-refractivity contribution >= 4 is 5.97 Å². The molecule has 3 rings (SSSR count). The number of hydrogen-bond acceptors (Lipinski definition) is 2. The SMILES string of the molecule is O=C(O)c1cccn1C1CCN(Cc2ccccc2)CC1. The molecule has 4 heteroatoms. The van der Waals surface area contributed by atoms with Gasteiger partial charge in [-0.1, -0.05) is 30.3 Å². The number of rotatable bonds is 4. The minimum absolute atomic E-state index is 0.304. The van der Waals surface area contributed by atoms with Crippen molar-refractivity contribution in [2.75, 3.05) is 13.1 Å². The van der Waals surface area contributed by atoms with E-state index in [0.29, 0.717) is 11.7 Å². The highest BCUT2D eigenvalue weighted by Gasteiger charge is 2.23. The van der Waals surface area contributed by atoms with Gasteiger partial charge in [0.25, 0.3) is 0 Å². The van der Waals surface area contributed by atoms with Crippen LogP contribution in [0.15, 0.2) is 48.7 Å². The number of benzene rings is 1. The second-order valence-corrected chi connectivity index (χ2v) is 5.60. The van der Waals surface area contributed by atoms with Crippen molar-refractivity contribution in [2.24, 2.45) is 0 Å². The van der Waals surface area contributed by atoms with Gasteiger partial charge in [0.15, 0.2) is 0 Å². The molecule has 0 amide bonds. The van der Waals surface area contributed by atoms with E-state index in [1.165, 1.54) is 5.56 Å². The van der Waals surface area contributed by atoms with E-state index in [2.05, 4.69) is 29.2 Å². The second kappa shape index (κ2) is 6.14. The third kappa shape index (κ3) is 3.16. The third-order valence-corrected chi connectivity index (χ3v) is 4.20. The molecule has 21 heavy (non-hydrogen) atoms. The molecule has 0 unspecified atom stereocenters. The van der Waals surface area contributed by atoms with Crippen LogP contribution in [-0.2, 0) is 6.54 Å². The van der Waals surface area contributed by atoms with Crippen LogP contribution in [0, 0.1) is 0 Å². The number of hydrogen-bond donors (Lipinski definition) is 1. The topological polar surface area (TPSA) is 45.5 Å². The molecule has 0 saturated carbocycles. The van der Waals surface area contributed by atoms with Crippen LogP contribution in [0.2, 0.25) is 0 Å². The Morgan fingerprint density at radius 3 is 2.48 bits per heavy atom. The van der Waals surface area contributed by atoms with E-state index in [1.54, 1.807) is 6.07 Å². The molecule has 1 N–H and O–H groups in total. The van der Waals surface area contributed by atoms with E-state index < -0.39 is 5.97 Å². The summed E-state index contributed by atoms with van der Waals surface area (Å²) >= 11 is 0. The number of carbonyl (C=O) groups is 1. The first-order chi connectivity index (χ1) is 10.2. The average Bonchev–Trinajstić information content (AvgIpc) is 2.99. The molecule has 0 aliphatic carbocycles. The summed E-state index contributed by atoms with van der Waals surface area (Å²) in [4.78, 5) is 13.6. The zero-order valence-corrected chi connectivity index (χ0v) is 12.0. The van der Waals surface area contributed by atoms with Crippen LogP contribution in [0.3, 0.4) is 0 Å². The van der Waals surface area contributed by atoms with Gasteiger partial charge in [-0.05, 0) is 30.5 Å². The maximum atomic E-state index is 11.2. The van der Waals surface area contributed by atoms with Gasteiger partial charge in [-0.2, -0.15) is 0 Å². The van der Waals surface area contributed by atoms with Gasteiger partial charge in [-0.15, -0.1) is 0 Å². The van der Waals surface area contributed by atoms with Crippen LogP contribution in [0.4, 0.5) is 0 Å². The molecule has 2 heterocycles. The van der Waals surface area contributed by atoms with Crippen LogP contribution in [-0.4, -0.2) is 33.6 Å². The van der Waals surface area contributed by atoms with Gasteiger partial charge in [0.05, 0.1) is 0 Å². The summed E-state index contributed by atoms with van der Waals surface area (Å²) < 4.78 is 1.92. The average molecular weight is 284 g/mol.